The molecule has 7 heavy (non-hydrogen) atoms. The zero-order chi connectivity index (χ0) is 5.70. The molecule has 0 aliphatic heterocycles. The van der Waals surface area contributed by atoms with Crippen LogP contribution >= 0.6 is 22.9 Å². The second-order valence-corrected chi connectivity index (χ2v) is 19.3. The molecule has 1 atom stereocenters. The number of alkyl halides is 1. The number of rotatable bonds is 3. The van der Waals surface area contributed by atoms with Crippen LogP contribution in [-0.4, -0.2) is 16.9 Å². The summed E-state index contributed by atoms with van der Waals surface area (Å²) in [5.74, 6) is 0. The Hall–Kier alpha value is 2.71. The molecule has 0 fully saturated rings. The van der Waals surface area contributed by atoms with E-state index in [0.717, 1.165) is 0 Å². The van der Waals surface area contributed by atoms with E-state index in [1.54, 1.807) is 0 Å². The van der Waals surface area contributed by atoms with Crippen LogP contribution < -0.4 is 40.5 Å². The van der Waals surface area contributed by atoms with Gasteiger partial charge in [0.1, 0.15) is 0 Å². The van der Waals surface area contributed by atoms with E-state index < -0.39 is 0 Å². The summed E-state index contributed by atoms with van der Waals surface area (Å²) in [6, 6.07) is 0. The predicted molar refractivity (Wildman–Crippen MR) is 34.8 cm³/mol. The number of hydrogen-bond acceptors (Lipinski definition) is 1. The fourth-order valence-corrected chi connectivity index (χ4v) is 22.4. The fourth-order valence-electron chi connectivity index (χ4n) is 0.0958. The summed E-state index contributed by atoms with van der Waals surface area (Å²) < 4.78 is 2.55. The third-order valence-electron chi connectivity index (χ3n) is 0.276. The Bertz CT molecular complexity index is 43.9. The molecule has 0 saturated heterocycles. The molecule has 0 rings (SSSR count). The zero-order valence-corrected chi connectivity index (χ0v) is 12.7. The Morgan fingerprint density at radius 2 is 2.29 bits per heavy atom. The van der Waals surface area contributed by atoms with E-state index in [1.807, 2.05) is 0 Å². The van der Waals surface area contributed by atoms with Gasteiger partial charge >= 0.3 is 85.9 Å². The summed E-state index contributed by atoms with van der Waals surface area (Å²) in [7, 11) is 0. The van der Waals surface area contributed by atoms with E-state index in [1.165, 1.54) is 0 Å². The molecule has 1 unspecified atom stereocenters. The van der Waals surface area contributed by atoms with Gasteiger partial charge in [-0.1, -0.05) is 0 Å². The van der Waals surface area contributed by atoms with Gasteiger partial charge in [-0.2, -0.15) is 0 Å². The maximum absolute atomic E-state index is 2.55. The number of nitrogens with zero attached hydrogens (tertiary/aromatic N) is 1. The van der Waals surface area contributed by atoms with Crippen molar-refractivity contribution in [3.05, 3.63) is 0 Å². The second-order valence-electron chi connectivity index (χ2n) is 0.634. The summed E-state index contributed by atoms with van der Waals surface area (Å²) in [4.78, 5) is 2.33. The predicted octanol–water partition coefficient (Wildman–Crippen LogP) is -5.32. The van der Waals surface area contributed by atoms with Crippen LogP contribution in [0.4, 0.5) is 0 Å². The van der Waals surface area contributed by atoms with Gasteiger partial charge in [0.25, 0.3) is 0 Å². The summed E-state index contributed by atoms with van der Waals surface area (Å²) in [6.07, 6.45) is 0. The van der Waals surface area contributed by atoms with Crippen LogP contribution in [0.3, 0.4) is 0 Å². The standard InChI is InChI=1S/C2H7AsI3N/c1-3-6-7(4)5-2/h3H,1-2H3/q-2. The Labute approximate surface area is 84.2 Å². The number of halogens is 3. The van der Waals surface area contributed by atoms with Crippen LogP contribution in [0.15, 0.2) is 0 Å². The van der Waals surface area contributed by atoms with Crippen molar-refractivity contribution in [3.63, 3.8) is 0 Å². The van der Waals surface area contributed by atoms with Crippen molar-refractivity contribution in [1.29, 1.82) is 0 Å². The van der Waals surface area contributed by atoms with E-state index in [2.05, 4.69) is 33.0 Å². The van der Waals surface area contributed by atoms with Gasteiger partial charge in [0.05, 0.1) is 0 Å². The van der Waals surface area contributed by atoms with Crippen molar-refractivity contribution in [1.82, 2.24) is -0.460 Å². The van der Waals surface area contributed by atoms with Crippen molar-refractivity contribution < 1.29 is 40.5 Å². The van der Waals surface area contributed by atoms with Gasteiger partial charge in [0, 0.05) is 0 Å². The first kappa shape index (κ1) is 9.71. The molecule has 0 saturated carbocycles. The van der Waals surface area contributed by atoms with Gasteiger partial charge in [-0.15, -0.1) is 0 Å². The van der Waals surface area contributed by atoms with Gasteiger partial charge in [-0.05, 0) is 0 Å². The van der Waals surface area contributed by atoms with Crippen molar-refractivity contribution >= 4 is 35.3 Å². The molecule has 0 spiro atoms. The molecule has 0 heterocycles. The summed E-state index contributed by atoms with van der Waals surface area (Å²) in [5, 5.41) is 0. The summed E-state index contributed by atoms with van der Waals surface area (Å²) in [6.45, 7) is 0. The molecule has 0 aromatic rings. The van der Waals surface area contributed by atoms with Gasteiger partial charge in [0.2, 0.25) is 0 Å². The molecule has 0 amide bonds. The minimum atomic E-state index is 0.438. The first-order valence-corrected chi connectivity index (χ1v) is 15.1. The van der Waals surface area contributed by atoms with E-state index in [9.17, 15) is 0 Å². The van der Waals surface area contributed by atoms with Crippen LogP contribution in [-0.2, 0) is 0 Å². The third kappa shape index (κ3) is 6.60. The van der Waals surface area contributed by atoms with Gasteiger partial charge < -0.3 is 0 Å². The van der Waals surface area contributed by atoms with Crippen molar-refractivity contribution in [2.75, 3.05) is 4.93 Å². The van der Waals surface area contributed by atoms with Crippen LogP contribution in [0.25, 0.3) is 0 Å². The SMILES string of the molecule is C[AsH][I-]N(I)[I-]C. The van der Waals surface area contributed by atoms with Crippen LogP contribution in [0.1, 0.15) is 0 Å². The van der Waals surface area contributed by atoms with Crippen LogP contribution in [0.2, 0.25) is 5.71 Å². The Morgan fingerprint density at radius 1 is 1.71 bits per heavy atom. The molecule has 48 valence electrons. The Kier molecular flexibility index (Phi) is 9.46. The van der Waals surface area contributed by atoms with E-state index >= 15 is 0 Å². The molecule has 0 N–H and O–H groups in total. The molecule has 0 bridgehead atoms. The Morgan fingerprint density at radius 3 is 2.43 bits per heavy atom. The average molecular weight is 501 g/mol. The number of hydrogen-bond donors (Lipinski definition) is 0. The molecule has 5 heteroatoms. The molecule has 0 aliphatic rings. The Balaban J connectivity index is 2.83. The normalized spacial score (nSPS) is 13.1. The summed E-state index contributed by atoms with van der Waals surface area (Å²) in [5.41, 5.74) is 2.39. The molecular formula is C2H7AsI3N-2. The van der Waals surface area contributed by atoms with E-state index in [0.29, 0.717) is 52.9 Å². The quantitative estimate of drug-likeness (QED) is 0.162. The van der Waals surface area contributed by atoms with Crippen LogP contribution in [0.5, 0.6) is 0 Å². The maximum atomic E-state index is 2.55. The van der Waals surface area contributed by atoms with Crippen LogP contribution in [0, 0.1) is 0 Å². The topological polar surface area (TPSA) is 3.24 Å². The van der Waals surface area contributed by atoms with E-state index in [-0.39, 0.29) is 0 Å². The first-order chi connectivity index (χ1) is 3.31. The van der Waals surface area contributed by atoms with Crippen molar-refractivity contribution in [2.24, 2.45) is 0 Å². The molecular weight excluding hydrogens is 494 g/mol. The minimum absolute atomic E-state index is 0.438. The van der Waals surface area contributed by atoms with Gasteiger partial charge in [-0.25, -0.2) is 0 Å². The van der Waals surface area contributed by atoms with Crippen molar-refractivity contribution in [3.8, 4) is 0 Å². The van der Waals surface area contributed by atoms with Gasteiger partial charge in [0.15, 0.2) is 0 Å². The molecule has 1 nitrogen and oxygen atoms in total. The monoisotopic (exact) mass is 501 g/mol. The first-order valence-electron chi connectivity index (χ1n) is 1.57. The fraction of sp³-hybridized carbons (Fsp3) is 1.00. The molecule has 0 aromatic carbocycles. The second kappa shape index (κ2) is 6.82. The molecule has 0 aromatic heterocycles. The third-order valence-corrected chi connectivity index (χ3v) is 23.6. The van der Waals surface area contributed by atoms with Crippen molar-refractivity contribution in [2.45, 2.75) is 5.71 Å². The zero-order valence-electron chi connectivity index (χ0n) is 4.08. The van der Waals surface area contributed by atoms with E-state index in [4.69, 9.17) is 0 Å². The van der Waals surface area contributed by atoms with Gasteiger partial charge in [-0.3, -0.25) is 0 Å². The average Bonchev–Trinajstić information content (AvgIpc) is 1.68. The molecule has 0 aliphatic carbocycles. The molecule has 0 radical (unpaired) electrons. The summed E-state index contributed by atoms with van der Waals surface area (Å²) >= 11 is 3.98.